The monoisotopic (exact) mass is 594 g/mol. The highest BCUT2D eigenvalue weighted by Gasteiger charge is 2.48. The molecule has 4 atom stereocenters. The third kappa shape index (κ3) is 5.32. The van der Waals surface area contributed by atoms with Gasteiger partial charge in [0.15, 0.2) is 0 Å². The summed E-state index contributed by atoms with van der Waals surface area (Å²) in [6.45, 7) is 2.50. The van der Waals surface area contributed by atoms with Crippen molar-refractivity contribution >= 4 is 52.2 Å². The van der Waals surface area contributed by atoms with E-state index in [2.05, 4.69) is 0 Å². The number of fused-ring (bicyclic) bond motifs is 2. The molecule has 3 heterocycles. The number of thioether (sulfide) groups is 1. The van der Waals surface area contributed by atoms with Crippen molar-refractivity contribution in [3.05, 3.63) is 46.6 Å². The number of hydrogen-bond acceptors (Lipinski definition) is 8. The quantitative estimate of drug-likeness (QED) is 0.222. The second-order valence-electron chi connectivity index (χ2n) is 11.2. The van der Waals surface area contributed by atoms with Gasteiger partial charge in [-0.05, 0) is 87.6 Å². The SMILES string of the molecule is CCOC(=O)[C@@H]1CCCCN1C(=O)c1cc(-c2ccc(/C=C3\SC(=S)N([C@H]4C[C@@H]5CC[C@H]4C5)C3=O)o2)ccc1OC. The molecule has 0 N–H and O–H groups in total. The first-order valence-corrected chi connectivity index (χ1v) is 15.6. The van der Waals surface area contributed by atoms with Gasteiger partial charge in [-0.15, -0.1) is 0 Å². The van der Waals surface area contributed by atoms with Crippen LogP contribution in [-0.4, -0.2) is 64.2 Å². The fraction of sp³-hybridized carbons (Fsp3) is 0.484. The van der Waals surface area contributed by atoms with Gasteiger partial charge in [-0.2, -0.15) is 0 Å². The molecule has 2 amide bonds. The summed E-state index contributed by atoms with van der Waals surface area (Å²) in [5.74, 6) is 2.09. The number of piperidine rings is 1. The number of carbonyl (C=O) groups is 3. The summed E-state index contributed by atoms with van der Waals surface area (Å²) in [5, 5.41) is 0. The number of esters is 1. The zero-order valence-corrected chi connectivity index (χ0v) is 24.9. The van der Waals surface area contributed by atoms with Gasteiger partial charge in [0.25, 0.3) is 11.8 Å². The number of benzene rings is 1. The molecule has 0 radical (unpaired) electrons. The number of rotatable bonds is 7. The van der Waals surface area contributed by atoms with Gasteiger partial charge in [0.05, 0.1) is 24.2 Å². The molecule has 2 aromatic rings. The van der Waals surface area contributed by atoms with Crippen LogP contribution in [0.15, 0.2) is 39.7 Å². The summed E-state index contributed by atoms with van der Waals surface area (Å²) in [6, 6.07) is 8.53. The molecule has 4 fully saturated rings. The number of nitrogens with zero attached hydrogens (tertiary/aromatic N) is 2. The lowest BCUT2D eigenvalue weighted by Crippen LogP contribution is -2.48. The molecular weight excluding hydrogens is 560 g/mol. The largest absolute Gasteiger partial charge is 0.496 e. The Hall–Kier alpha value is -3.11. The molecule has 2 aliphatic carbocycles. The number of methoxy groups -OCH3 is 1. The molecule has 216 valence electrons. The van der Waals surface area contributed by atoms with Crippen LogP contribution in [0.5, 0.6) is 5.75 Å². The highest BCUT2D eigenvalue weighted by Crippen LogP contribution is 2.49. The molecule has 10 heteroatoms. The van der Waals surface area contributed by atoms with Gasteiger partial charge >= 0.3 is 5.97 Å². The van der Waals surface area contributed by atoms with E-state index in [9.17, 15) is 14.4 Å². The first-order chi connectivity index (χ1) is 19.9. The maximum Gasteiger partial charge on any atom is 0.328 e. The summed E-state index contributed by atoms with van der Waals surface area (Å²) in [5.41, 5.74) is 1.04. The van der Waals surface area contributed by atoms with Crippen molar-refractivity contribution in [3.8, 4) is 17.1 Å². The van der Waals surface area contributed by atoms with Gasteiger partial charge in [0, 0.05) is 24.2 Å². The van der Waals surface area contributed by atoms with Crippen LogP contribution in [-0.2, 0) is 14.3 Å². The van der Waals surface area contributed by atoms with Crippen molar-refractivity contribution in [2.24, 2.45) is 11.8 Å². The minimum Gasteiger partial charge on any atom is -0.496 e. The minimum atomic E-state index is -0.613. The highest BCUT2D eigenvalue weighted by atomic mass is 32.2. The Bertz CT molecular complexity index is 1420. The van der Waals surface area contributed by atoms with E-state index in [1.165, 1.54) is 38.1 Å². The summed E-state index contributed by atoms with van der Waals surface area (Å²) >= 11 is 6.95. The Morgan fingerprint density at radius 1 is 1.15 bits per heavy atom. The Morgan fingerprint density at radius 3 is 2.73 bits per heavy atom. The van der Waals surface area contributed by atoms with Crippen LogP contribution in [0.1, 0.15) is 68.0 Å². The second-order valence-corrected chi connectivity index (χ2v) is 12.8. The lowest BCUT2D eigenvalue weighted by atomic mass is 9.94. The molecule has 1 aromatic carbocycles. The van der Waals surface area contributed by atoms with E-state index in [4.69, 9.17) is 26.1 Å². The number of carbonyl (C=O) groups excluding carboxylic acids is 3. The number of ether oxygens (including phenoxy) is 2. The van der Waals surface area contributed by atoms with Crippen molar-refractivity contribution in [1.29, 1.82) is 0 Å². The van der Waals surface area contributed by atoms with Crippen molar-refractivity contribution in [2.45, 2.75) is 64.0 Å². The standard InChI is InChI=1S/C31H34N2O6S2/c1-3-38-30(36)23-6-4-5-13-32(23)28(34)22-16-20(9-11-26(22)37-2)25-12-10-21(39-25)17-27-29(35)33(31(40)41-27)24-15-18-7-8-19(24)14-18/h9-12,16-19,23-24H,3-8,13-15H2,1-2H3/b27-17-/t18-,19+,23+,24+/m1/s1. The third-order valence-electron chi connectivity index (χ3n) is 8.79. The molecule has 0 unspecified atom stereocenters. The second kappa shape index (κ2) is 11.6. The van der Waals surface area contributed by atoms with Crippen LogP contribution >= 0.6 is 24.0 Å². The zero-order valence-electron chi connectivity index (χ0n) is 23.3. The fourth-order valence-electron chi connectivity index (χ4n) is 6.85. The average molecular weight is 595 g/mol. The van der Waals surface area contributed by atoms with E-state index >= 15 is 0 Å². The van der Waals surface area contributed by atoms with Crippen LogP contribution in [0, 0.1) is 11.8 Å². The van der Waals surface area contributed by atoms with E-state index < -0.39 is 6.04 Å². The molecule has 6 rings (SSSR count). The van der Waals surface area contributed by atoms with Gasteiger partial charge in [-0.3, -0.25) is 14.5 Å². The molecule has 0 spiro atoms. The molecule has 1 aromatic heterocycles. The predicted octanol–water partition coefficient (Wildman–Crippen LogP) is 5.90. The van der Waals surface area contributed by atoms with Crippen molar-refractivity contribution < 1.29 is 28.3 Å². The number of hydrogen-bond donors (Lipinski definition) is 0. The van der Waals surface area contributed by atoms with Crippen LogP contribution in [0.3, 0.4) is 0 Å². The predicted molar refractivity (Wildman–Crippen MR) is 160 cm³/mol. The van der Waals surface area contributed by atoms with Crippen molar-refractivity contribution in [1.82, 2.24) is 9.80 Å². The topological polar surface area (TPSA) is 89.3 Å². The number of amides is 2. The maximum atomic E-state index is 13.7. The van der Waals surface area contributed by atoms with Gasteiger partial charge in [0.2, 0.25) is 0 Å². The summed E-state index contributed by atoms with van der Waals surface area (Å²) < 4.78 is 17.5. The van der Waals surface area contributed by atoms with Gasteiger partial charge in [-0.1, -0.05) is 30.4 Å². The lowest BCUT2D eigenvalue weighted by molar-refractivity contribution is -0.149. The van der Waals surface area contributed by atoms with Crippen LogP contribution in [0.25, 0.3) is 17.4 Å². The minimum absolute atomic E-state index is 0.0366. The molecule has 8 nitrogen and oxygen atoms in total. The first kappa shape index (κ1) is 28.0. The third-order valence-corrected chi connectivity index (χ3v) is 10.1. The molecule has 2 saturated heterocycles. The Balaban J connectivity index is 1.23. The maximum absolute atomic E-state index is 13.7. The van der Waals surface area contributed by atoms with Crippen molar-refractivity contribution in [3.63, 3.8) is 0 Å². The Kier molecular flexibility index (Phi) is 7.96. The smallest absolute Gasteiger partial charge is 0.328 e. The van der Waals surface area contributed by atoms with Gasteiger partial charge < -0.3 is 18.8 Å². The molecule has 2 saturated carbocycles. The molecule has 41 heavy (non-hydrogen) atoms. The van der Waals surface area contributed by atoms with E-state index in [-0.39, 0.29) is 30.4 Å². The number of thiocarbonyl (C=S) groups is 1. The normalized spacial score (nSPS) is 26.7. The summed E-state index contributed by atoms with van der Waals surface area (Å²) in [7, 11) is 1.52. The Morgan fingerprint density at radius 2 is 2.00 bits per heavy atom. The van der Waals surface area contributed by atoms with E-state index in [0.717, 1.165) is 25.2 Å². The van der Waals surface area contributed by atoms with Crippen molar-refractivity contribution in [2.75, 3.05) is 20.3 Å². The molecule has 2 bridgehead atoms. The molecular formula is C31H34N2O6S2. The van der Waals surface area contributed by atoms with Crippen LogP contribution in [0.4, 0.5) is 0 Å². The zero-order chi connectivity index (χ0) is 28.7. The van der Waals surface area contributed by atoms with Crippen LogP contribution < -0.4 is 4.74 Å². The summed E-state index contributed by atoms with van der Waals surface area (Å²) in [4.78, 5) is 43.6. The first-order valence-electron chi connectivity index (χ1n) is 14.4. The van der Waals surface area contributed by atoms with E-state index in [0.29, 0.717) is 56.5 Å². The van der Waals surface area contributed by atoms with Gasteiger partial charge in [0.1, 0.15) is 27.6 Å². The molecule has 2 aliphatic heterocycles. The fourth-order valence-corrected chi connectivity index (χ4v) is 8.20. The van der Waals surface area contributed by atoms with E-state index in [1.807, 2.05) is 23.1 Å². The molecule has 4 aliphatic rings. The average Bonchev–Trinajstić information content (AvgIpc) is 3.78. The van der Waals surface area contributed by atoms with E-state index in [1.54, 1.807) is 30.0 Å². The Labute approximate surface area is 249 Å². The van der Waals surface area contributed by atoms with Crippen LogP contribution in [0.2, 0.25) is 0 Å². The van der Waals surface area contributed by atoms with Gasteiger partial charge in [-0.25, -0.2) is 4.79 Å². The number of likely N-dealkylation sites (tertiary alicyclic amines) is 1. The highest BCUT2D eigenvalue weighted by molar-refractivity contribution is 8.26. The lowest BCUT2D eigenvalue weighted by Gasteiger charge is -2.34. The summed E-state index contributed by atoms with van der Waals surface area (Å²) in [6.07, 6.45) is 8.71. The number of furan rings is 1.